The van der Waals surface area contributed by atoms with Gasteiger partial charge in [0.25, 0.3) is 0 Å². The molecule has 0 spiro atoms. The Morgan fingerprint density at radius 3 is 2.65 bits per heavy atom. The van der Waals surface area contributed by atoms with Gasteiger partial charge in [-0.05, 0) is 36.5 Å². The van der Waals surface area contributed by atoms with E-state index in [9.17, 15) is 13.2 Å². The van der Waals surface area contributed by atoms with E-state index in [1.807, 2.05) is 18.2 Å². The number of aromatic amines is 1. The number of halogens is 3. The molecule has 0 amide bonds. The van der Waals surface area contributed by atoms with Gasteiger partial charge in [-0.25, -0.2) is 4.98 Å². The molecule has 7 nitrogen and oxygen atoms in total. The minimum absolute atomic E-state index is 0.152. The van der Waals surface area contributed by atoms with Crippen LogP contribution in [0.5, 0.6) is 0 Å². The minimum Gasteiger partial charge on any atom is -0.330 e. The summed E-state index contributed by atoms with van der Waals surface area (Å²) in [6, 6.07) is 8.50. The first-order chi connectivity index (χ1) is 16.2. The lowest BCUT2D eigenvalue weighted by molar-refractivity contribution is -0.141. The summed E-state index contributed by atoms with van der Waals surface area (Å²) in [6.45, 7) is 1.89. The van der Waals surface area contributed by atoms with Gasteiger partial charge in [-0.1, -0.05) is 31.5 Å². The third-order valence-electron chi connectivity index (χ3n) is 6.70. The van der Waals surface area contributed by atoms with Crippen molar-refractivity contribution in [3.8, 4) is 11.3 Å². The van der Waals surface area contributed by atoms with E-state index in [1.54, 1.807) is 20.0 Å². The first-order valence-corrected chi connectivity index (χ1v) is 11.2. The Morgan fingerprint density at radius 1 is 1.32 bits per heavy atom. The highest BCUT2D eigenvalue weighted by Gasteiger charge is 2.35. The van der Waals surface area contributed by atoms with Crippen molar-refractivity contribution in [3.05, 3.63) is 47.3 Å². The molecule has 1 aromatic carbocycles. The van der Waals surface area contributed by atoms with Crippen molar-refractivity contribution in [3.63, 3.8) is 0 Å². The topological polar surface area (TPSA) is 119 Å². The molecule has 0 saturated heterocycles. The normalized spacial score (nSPS) is 16.2. The van der Waals surface area contributed by atoms with Crippen LogP contribution in [0.3, 0.4) is 0 Å². The van der Waals surface area contributed by atoms with Crippen LogP contribution in [0.1, 0.15) is 55.0 Å². The van der Waals surface area contributed by atoms with E-state index in [1.165, 1.54) is 4.90 Å². The molecule has 0 radical (unpaired) electrons. The molecule has 4 rings (SSSR count). The zero-order valence-electron chi connectivity index (χ0n) is 19.1. The molecule has 0 aliphatic heterocycles. The number of nitrogens with two attached hydrogens (primary N) is 1. The first-order valence-electron chi connectivity index (χ1n) is 11.2. The fraction of sp³-hybridized carbons (Fsp3) is 0.417. The Morgan fingerprint density at radius 2 is 2.06 bits per heavy atom. The smallest absolute Gasteiger partial charge is 0.330 e. The molecular weight excluding hydrogens is 443 g/mol. The number of fused-ring (bicyclic) bond motifs is 1. The summed E-state index contributed by atoms with van der Waals surface area (Å²) >= 11 is 0. The Balaban J connectivity index is 1.85. The fourth-order valence-corrected chi connectivity index (χ4v) is 4.47. The van der Waals surface area contributed by atoms with Crippen LogP contribution >= 0.6 is 0 Å². The number of likely N-dealkylation sites (N-methyl/N-ethyl adjacent to an activating group) is 1. The lowest BCUT2D eigenvalue weighted by Crippen LogP contribution is -2.36. The maximum atomic E-state index is 13.6. The van der Waals surface area contributed by atoms with Crippen LogP contribution in [0.25, 0.3) is 22.2 Å². The van der Waals surface area contributed by atoms with Gasteiger partial charge in [0.15, 0.2) is 0 Å². The molecule has 1 fully saturated rings. The number of benzene rings is 1. The molecule has 1 saturated carbocycles. The molecule has 1 aliphatic rings. The lowest BCUT2D eigenvalue weighted by Gasteiger charge is -2.36. The fourth-order valence-electron chi connectivity index (χ4n) is 4.47. The lowest BCUT2D eigenvalue weighted by atomic mass is 9.72. The number of alkyl halides is 3. The number of rotatable bonds is 7. The summed E-state index contributed by atoms with van der Waals surface area (Å²) in [5.74, 6) is 0.0285. The average Bonchev–Trinajstić information content (AvgIpc) is 3.22. The highest BCUT2D eigenvalue weighted by Crippen LogP contribution is 2.42. The number of amidine groups is 1. The first kappa shape index (κ1) is 23.9. The van der Waals surface area contributed by atoms with Crippen LogP contribution in [-0.4, -0.2) is 45.8 Å². The number of aromatic nitrogens is 3. The Bertz CT molecular complexity index is 1210. The number of hydrogen-bond donors (Lipinski definition) is 4. The van der Waals surface area contributed by atoms with Gasteiger partial charge in [0.05, 0.1) is 17.5 Å². The van der Waals surface area contributed by atoms with Gasteiger partial charge < -0.3 is 10.6 Å². The van der Waals surface area contributed by atoms with E-state index in [0.29, 0.717) is 33.9 Å². The van der Waals surface area contributed by atoms with Crippen molar-refractivity contribution >= 4 is 23.1 Å². The highest BCUT2D eigenvalue weighted by molar-refractivity contribution is 5.96. The van der Waals surface area contributed by atoms with E-state index in [2.05, 4.69) is 15.2 Å². The third-order valence-corrected chi connectivity index (χ3v) is 6.70. The van der Waals surface area contributed by atoms with Gasteiger partial charge in [-0.3, -0.25) is 15.9 Å². The molecule has 2 atom stereocenters. The highest BCUT2D eigenvalue weighted by atomic mass is 19.4. The zero-order valence-corrected chi connectivity index (χ0v) is 19.1. The number of nitrogens with zero attached hydrogens (tertiary/aromatic N) is 3. The van der Waals surface area contributed by atoms with E-state index in [4.69, 9.17) is 16.6 Å². The predicted molar refractivity (Wildman–Crippen MR) is 126 cm³/mol. The van der Waals surface area contributed by atoms with Crippen LogP contribution in [-0.2, 0) is 6.18 Å². The molecule has 0 bridgehead atoms. The van der Waals surface area contributed by atoms with Crippen LogP contribution in [0.4, 0.5) is 13.2 Å². The van der Waals surface area contributed by atoms with Gasteiger partial charge >= 0.3 is 6.18 Å². The summed E-state index contributed by atoms with van der Waals surface area (Å²) in [5.41, 5.74) is 7.39. The van der Waals surface area contributed by atoms with Gasteiger partial charge in [-0.2, -0.15) is 18.3 Å². The standard InChI is InChI=1S/C24H28F3N7/c1-13(11-28)20-22-17(10-18(31-20)24(25,26)27)21(32-33-22)16-8-4-7-15(9-16)19(14-5-3-6-14)23(30)34(2)12-29/h4,7-10,12-14,19,29-30H,3,5-6,11,28H2,1-2H3,(H,32,33)/t13-,19?/m0/s1. The maximum Gasteiger partial charge on any atom is 0.433 e. The van der Waals surface area contributed by atoms with Crippen molar-refractivity contribution < 1.29 is 13.2 Å². The van der Waals surface area contributed by atoms with Crippen molar-refractivity contribution in [2.24, 2.45) is 11.7 Å². The summed E-state index contributed by atoms with van der Waals surface area (Å²) < 4.78 is 40.9. The molecule has 2 heterocycles. The van der Waals surface area contributed by atoms with E-state index in [0.717, 1.165) is 37.2 Å². The summed E-state index contributed by atoms with van der Waals surface area (Å²) in [4.78, 5) is 5.35. The van der Waals surface area contributed by atoms with Crippen molar-refractivity contribution in [1.82, 2.24) is 20.1 Å². The maximum absolute atomic E-state index is 13.6. The number of nitrogens with one attached hydrogen (secondary N) is 3. The summed E-state index contributed by atoms with van der Waals surface area (Å²) in [6.07, 6.45) is -0.396. The van der Waals surface area contributed by atoms with Crippen molar-refractivity contribution in [2.45, 2.75) is 44.2 Å². The number of hydrogen-bond acceptors (Lipinski definition) is 5. The van der Waals surface area contributed by atoms with E-state index < -0.39 is 11.9 Å². The number of H-pyrrole nitrogens is 1. The van der Waals surface area contributed by atoms with Gasteiger partial charge in [-0.15, -0.1) is 0 Å². The van der Waals surface area contributed by atoms with Crippen molar-refractivity contribution in [2.75, 3.05) is 13.6 Å². The Kier molecular flexibility index (Phi) is 6.44. The summed E-state index contributed by atoms with van der Waals surface area (Å²) in [7, 11) is 1.68. The molecule has 3 aromatic rings. The minimum atomic E-state index is -4.60. The second-order valence-corrected chi connectivity index (χ2v) is 8.94. The van der Waals surface area contributed by atoms with Crippen LogP contribution in [0, 0.1) is 16.7 Å². The quantitative estimate of drug-likeness (QED) is 0.283. The van der Waals surface area contributed by atoms with E-state index in [-0.39, 0.29) is 24.1 Å². The summed E-state index contributed by atoms with van der Waals surface area (Å²) in [5, 5.41) is 23.8. The van der Waals surface area contributed by atoms with Crippen LogP contribution < -0.4 is 5.73 Å². The molecule has 5 N–H and O–H groups in total. The van der Waals surface area contributed by atoms with Crippen molar-refractivity contribution in [1.29, 1.82) is 10.8 Å². The molecule has 2 aromatic heterocycles. The molecular formula is C24H28F3N7. The average molecular weight is 472 g/mol. The second-order valence-electron chi connectivity index (χ2n) is 8.94. The van der Waals surface area contributed by atoms with Gasteiger partial charge in [0.1, 0.15) is 17.2 Å². The molecule has 1 aliphatic carbocycles. The van der Waals surface area contributed by atoms with Gasteiger partial charge in [0.2, 0.25) is 0 Å². The second kappa shape index (κ2) is 9.17. The Hall–Kier alpha value is -3.27. The largest absolute Gasteiger partial charge is 0.433 e. The number of pyridine rings is 1. The molecule has 180 valence electrons. The van der Waals surface area contributed by atoms with Crippen LogP contribution in [0.2, 0.25) is 0 Å². The Labute approximate surface area is 195 Å². The SMILES string of the molecule is C[C@@H](CN)c1nc(C(F)(F)F)cc2c(-c3cccc(C(C(=N)N(C)C=N)C4CCC4)c3)n[nH]c12. The van der Waals surface area contributed by atoms with Gasteiger partial charge in [0, 0.05) is 36.4 Å². The van der Waals surface area contributed by atoms with Crippen LogP contribution in [0.15, 0.2) is 30.3 Å². The zero-order chi connectivity index (χ0) is 24.6. The molecule has 10 heteroatoms. The van der Waals surface area contributed by atoms with E-state index >= 15 is 0 Å². The monoisotopic (exact) mass is 471 g/mol. The predicted octanol–water partition coefficient (Wildman–Crippen LogP) is 5.11. The molecule has 34 heavy (non-hydrogen) atoms. The third kappa shape index (κ3) is 4.29. The molecule has 1 unspecified atom stereocenters.